The first-order valence-corrected chi connectivity index (χ1v) is 22.1. The Bertz CT molecular complexity index is 1820. The molecule has 0 radical (unpaired) electrons. The summed E-state index contributed by atoms with van der Waals surface area (Å²) in [5.74, 6) is -0.149. The smallest absolute Gasteiger partial charge is 0.338 e. The monoisotopic (exact) mass is 856 g/mol. The maximum absolute atomic E-state index is 13.3. The molecule has 21 atom stereocenters. The molecule has 0 spiro atoms. The molecular weight excluding hydrogens is 792 g/mol. The second-order valence-corrected chi connectivity index (χ2v) is 19.5. The number of phenolic OH excluding ortho intramolecular Hbond substituents is 1. The van der Waals surface area contributed by atoms with Crippen LogP contribution in [0.25, 0.3) is 0 Å². The number of carbonyl (C=O) groups is 2. The number of fused-ring (bicyclic) bond motifs is 7. The van der Waals surface area contributed by atoms with Gasteiger partial charge in [0.05, 0.1) is 30.5 Å². The topological polar surface area (TPSA) is 231 Å². The molecule has 4 aliphatic carbocycles. The van der Waals surface area contributed by atoms with Crippen molar-refractivity contribution in [3.8, 4) is 5.75 Å². The molecule has 15 nitrogen and oxygen atoms in total. The highest BCUT2D eigenvalue weighted by Crippen LogP contribution is 2.68. The molecule has 3 saturated heterocycles. The largest absolute Gasteiger partial charge is 0.508 e. The Morgan fingerprint density at radius 3 is 2.30 bits per heavy atom. The lowest BCUT2D eigenvalue weighted by Gasteiger charge is -2.58. The first-order valence-electron chi connectivity index (χ1n) is 22.1. The van der Waals surface area contributed by atoms with E-state index in [1.807, 2.05) is 13.8 Å². The maximum atomic E-state index is 13.3. The van der Waals surface area contributed by atoms with Gasteiger partial charge in [-0.05, 0) is 119 Å². The number of phenols is 1. The number of hydrogen-bond donors (Lipinski definition) is 7. The molecule has 3 aliphatic heterocycles. The van der Waals surface area contributed by atoms with Crippen molar-refractivity contribution in [1.82, 2.24) is 0 Å². The van der Waals surface area contributed by atoms with E-state index in [1.54, 1.807) is 0 Å². The van der Waals surface area contributed by atoms with Crippen LogP contribution in [0.3, 0.4) is 0 Å². The van der Waals surface area contributed by atoms with Gasteiger partial charge in [-0.2, -0.15) is 0 Å². The van der Waals surface area contributed by atoms with Crippen LogP contribution in [-0.4, -0.2) is 135 Å². The van der Waals surface area contributed by atoms with E-state index in [0.29, 0.717) is 18.8 Å². The molecule has 6 fully saturated rings. The van der Waals surface area contributed by atoms with Gasteiger partial charge in [-0.3, -0.25) is 0 Å². The number of allylic oxidation sites excluding steroid dienone is 2. The second kappa shape index (κ2) is 17.3. The van der Waals surface area contributed by atoms with Gasteiger partial charge < -0.3 is 69.0 Å². The average molecular weight is 857 g/mol. The molecule has 1 aromatic rings. The number of ether oxygens (including phenoxy) is 6. The van der Waals surface area contributed by atoms with Crippen molar-refractivity contribution in [2.45, 2.75) is 159 Å². The summed E-state index contributed by atoms with van der Waals surface area (Å²) in [6, 6.07) is 5.33. The number of benzene rings is 1. The van der Waals surface area contributed by atoms with Gasteiger partial charge in [0.2, 0.25) is 0 Å². The van der Waals surface area contributed by atoms with E-state index in [-0.39, 0.29) is 52.4 Å². The van der Waals surface area contributed by atoms with E-state index in [0.717, 1.165) is 37.7 Å². The maximum Gasteiger partial charge on any atom is 0.338 e. The van der Waals surface area contributed by atoms with Gasteiger partial charge in [0.1, 0.15) is 48.7 Å². The summed E-state index contributed by atoms with van der Waals surface area (Å²) in [6.07, 6.45) is -5.06. The SMILES string of the molecule is CC(C)=C[C@@H]1[C@@H](C)[C@H]2[C@H](C[C@H]3[C@@H]4CC=C5C[C@@H](O[C@H]6O[C@H](CO)[C@@H](O)[C@H](O)[C@H]6O[C@H]6O[C@@H](C)[C@H](OC(=O)c7ccc(O)cc7)[C@@H](O)[C@H]6O)CC[C@]5(C)[C@H]4CC[C@]23C=O)O[C@H]1O. The predicted molar refractivity (Wildman–Crippen MR) is 215 cm³/mol. The molecule has 1 aromatic carbocycles. The zero-order valence-electron chi connectivity index (χ0n) is 35.6. The lowest BCUT2D eigenvalue weighted by atomic mass is 9.46. The minimum atomic E-state index is -1.76. The van der Waals surface area contributed by atoms with Gasteiger partial charge in [0.25, 0.3) is 0 Å². The van der Waals surface area contributed by atoms with Crippen LogP contribution in [0.2, 0.25) is 0 Å². The normalized spacial score (nSPS) is 48.0. The highest BCUT2D eigenvalue weighted by Gasteiger charge is 2.66. The number of carbonyl (C=O) groups excluding carboxylic acids is 2. The number of hydrogen-bond acceptors (Lipinski definition) is 15. The Labute approximate surface area is 356 Å². The summed E-state index contributed by atoms with van der Waals surface area (Å²) in [5.41, 5.74) is 1.82. The van der Waals surface area contributed by atoms with Crippen molar-refractivity contribution in [2.75, 3.05) is 6.61 Å². The number of aromatic hydroxyl groups is 1. The molecule has 8 rings (SSSR count). The first kappa shape index (κ1) is 44.8. The van der Waals surface area contributed by atoms with Crippen LogP contribution in [0.1, 0.15) is 89.9 Å². The van der Waals surface area contributed by atoms with E-state index in [2.05, 4.69) is 26.0 Å². The van der Waals surface area contributed by atoms with Crippen molar-refractivity contribution >= 4 is 12.3 Å². The fourth-order valence-electron chi connectivity index (χ4n) is 12.8. The predicted octanol–water partition coefficient (Wildman–Crippen LogP) is 2.90. The van der Waals surface area contributed by atoms with Crippen molar-refractivity contribution in [3.63, 3.8) is 0 Å². The summed E-state index contributed by atoms with van der Waals surface area (Å²) in [5, 5.41) is 75.2. The Hall–Kier alpha value is -2.80. The zero-order chi connectivity index (χ0) is 43.7. The van der Waals surface area contributed by atoms with Gasteiger partial charge in [-0.15, -0.1) is 0 Å². The third-order valence-corrected chi connectivity index (χ3v) is 15.9. The van der Waals surface area contributed by atoms with Crippen LogP contribution < -0.4 is 0 Å². The summed E-state index contributed by atoms with van der Waals surface area (Å²) >= 11 is 0. The van der Waals surface area contributed by atoms with Crippen molar-refractivity contribution in [1.29, 1.82) is 0 Å². The molecule has 3 saturated carbocycles. The second-order valence-electron chi connectivity index (χ2n) is 19.5. The van der Waals surface area contributed by atoms with Crippen molar-refractivity contribution in [3.05, 3.63) is 53.1 Å². The fourth-order valence-corrected chi connectivity index (χ4v) is 12.8. The van der Waals surface area contributed by atoms with E-state index < -0.39 is 91.8 Å². The summed E-state index contributed by atoms with van der Waals surface area (Å²) in [6.45, 7) is 9.45. The van der Waals surface area contributed by atoms with Gasteiger partial charge in [0.15, 0.2) is 25.0 Å². The molecule has 0 bridgehead atoms. The molecule has 15 heteroatoms. The third-order valence-electron chi connectivity index (χ3n) is 15.9. The van der Waals surface area contributed by atoms with Crippen LogP contribution in [0.4, 0.5) is 0 Å². The average Bonchev–Trinajstić information content (AvgIpc) is 3.57. The van der Waals surface area contributed by atoms with Crippen LogP contribution in [0.5, 0.6) is 5.75 Å². The quantitative estimate of drug-likeness (QED) is 0.108. The highest BCUT2D eigenvalue weighted by atomic mass is 16.8. The van der Waals surface area contributed by atoms with E-state index in [9.17, 15) is 45.3 Å². The van der Waals surface area contributed by atoms with Crippen LogP contribution in [-0.2, 0) is 33.2 Å². The zero-order valence-corrected chi connectivity index (χ0v) is 35.6. The summed E-state index contributed by atoms with van der Waals surface area (Å²) < 4.78 is 36.4. The fraction of sp³-hybridized carbons (Fsp3) is 0.739. The molecule has 0 aromatic heterocycles. The minimum Gasteiger partial charge on any atom is -0.508 e. The minimum absolute atomic E-state index is 0.0340. The molecule has 61 heavy (non-hydrogen) atoms. The lowest BCUT2D eigenvalue weighted by Crippen LogP contribution is -2.64. The lowest BCUT2D eigenvalue weighted by molar-refractivity contribution is -0.369. The van der Waals surface area contributed by atoms with E-state index in [4.69, 9.17) is 28.4 Å². The van der Waals surface area contributed by atoms with Gasteiger partial charge in [0, 0.05) is 17.3 Å². The van der Waals surface area contributed by atoms with Crippen molar-refractivity contribution in [2.24, 2.45) is 46.3 Å². The summed E-state index contributed by atoms with van der Waals surface area (Å²) in [4.78, 5) is 26.2. The van der Waals surface area contributed by atoms with Crippen LogP contribution in [0, 0.1) is 46.3 Å². The molecule has 7 N–H and O–H groups in total. The molecule has 0 unspecified atom stereocenters. The standard InChI is InChI=1S/C46H64O15/c1-21(2)16-29-22(3)34-32(58-42(29)55)18-31-28-11-8-25-17-27(12-14-45(25,5)30(28)13-15-46(31,34)20-48)57-44-40(36(51)35(50)33(19-47)59-44)61-43-38(53)37(52)39(23(4)56-43)60-41(54)24-6-9-26(49)10-7-24/h6-10,16,20,22-23,27-40,42-44,47,49-53,55H,11-15,17-19H2,1-5H3/t22-,23+,27+,28-,29-,30+,31+,32+,33-,34+,35-,36+,37+,38-,39+,40-,42-,43-,44+,45+,46-/m1/s1. The third kappa shape index (κ3) is 7.83. The number of esters is 1. The van der Waals surface area contributed by atoms with E-state index >= 15 is 0 Å². The molecular formula is C46H64O15. The van der Waals surface area contributed by atoms with Gasteiger partial charge in [-0.1, -0.05) is 37.1 Å². The molecule has 7 aliphatic rings. The Kier molecular flexibility index (Phi) is 12.7. The molecule has 0 amide bonds. The number of aliphatic hydroxyl groups excluding tert-OH is 6. The first-order chi connectivity index (χ1) is 29.0. The summed E-state index contributed by atoms with van der Waals surface area (Å²) in [7, 11) is 0. The van der Waals surface area contributed by atoms with Crippen molar-refractivity contribution < 1.29 is 73.8 Å². The Morgan fingerprint density at radius 2 is 1.61 bits per heavy atom. The molecule has 338 valence electrons. The highest BCUT2D eigenvalue weighted by molar-refractivity contribution is 5.89. The van der Waals surface area contributed by atoms with E-state index in [1.165, 1.54) is 43.0 Å². The number of aliphatic hydroxyl groups is 6. The number of rotatable bonds is 9. The Morgan fingerprint density at radius 1 is 0.885 bits per heavy atom. The Balaban J connectivity index is 0.957. The van der Waals surface area contributed by atoms with Gasteiger partial charge >= 0.3 is 5.97 Å². The van der Waals surface area contributed by atoms with Crippen LogP contribution in [0.15, 0.2) is 47.6 Å². The van der Waals surface area contributed by atoms with Crippen LogP contribution >= 0.6 is 0 Å². The molecule has 3 heterocycles. The number of aldehydes is 1. The van der Waals surface area contributed by atoms with Gasteiger partial charge in [-0.25, -0.2) is 4.79 Å².